The summed E-state index contributed by atoms with van der Waals surface area (Å²) >= 11 is 0. The van der Waals surface area contributed by atoms with Gasteiger partial charge in [0, 0.05) is 24.7 Å². The van der Waals surface area contributed by atoms with Crippen LogP contribution in [0.2, 0.25) is 0 Å². The summed E-state index contributed by atoms with van der Waals surface area (Å²) in [6, 6.07) is 7.61. The van der Waals surface area contributed by atoms with Crippen LogP contribution in [-0.2, 0) is 4.79 Å². The summed E-state index contributed by atoms with van der Waals surface area (Å²) in [5.74, 6) is -1.39. The van der Waals surface area contributed by atoms with Gasteiger partial charge in [0.1, 0.15) is 17.7 Å². The summed E-state index contributed by atoms with van der Waals surface area (Å²) in [7, 11) is 0. The van der Waals surface area contributed by atoms with Crippen molar-refractivity contribution < 1.29 is 14.3 Å². The molecule has 7 nitrogen and oxygen atoms in total. The van der Waals surface area contributed by atoms with Crippen molar-refractivity contribution in [2.24, 2.45) is 5.92 Å². The van der Waals surface area contributed by atoms with E-state index in [1.54, 1.807) is 18.2 Å². The number of rotatable bonds is 3. The molecule has 0 aliphatic carbocycles. The van der Waals surface area contributed by atoms with Crippen molar-refractivity contribution in [1.29, 1.82) is 5.26 Å². The van der Waals surface area contributed by atoms with Crippen LogP contribution < -0.4 is 10.6 Å². The Bertz CT molecular complexity index is 865. The number of nitrogen functional groups attached to an aromatic ring is 1. The van der Waals surface area contributed by atoms with E-state index in [1.807, 2.05) is 4.90 Å². The number of carboxylic acids is 1. The van der Waals surface area contributed by atoms with E-state index in [4.69, 9.17) is 11.0 Å². The van der Waals surface area contributed by atoms with Gasteiger partial charge in [0.25, 0.3) is 0 Å². The Morgan fingerprint density at radius 3 is 2.88 bits per heavy atom. The fraction of sp³-hybridized carbons (Fsp3) is 0.294. The van der Waals surface area contributed by atoms with E-state index in [1.165, 1.54) is 12.1 Å². The second-order valence-corrected chi connectivity index (χ2v) is 5.90. The Morgan fingerprint density at radius 2 is 2.20 bits per heavy atom. The summed E-state index contributed by atoms with van der Waals surface area (Å²) in [4.78, 5) is 21.4. The first-order valence-corrected chi connectivity index (χ1v) is 7.80. The number of aliphatic carboxylic acids is 1. The van der Waals surface area contributed by atoms with Gasteiger partial charge in [-0.3, -0.25) is 4.79 Å². The standard InChI is InChI=1S/C17H16FN5O2/c18-13-6-10(3-4-11(13)8-19)14-7-15(22-17(20)21-14)23-5-1-2-12(9-23)16(24)25/h3-4,6-7,12H,1-2,5,9H2,(H,24,25)(H2,20,21,22). The molecule has 3 N–H and O–H groups in total. The van der Waals surface area contributed by atoms with Gasteiger partial charge >= 0.3 is 5.97 Å². The summed E-state index contributed by atoms with van der Waals surface area (Å²) in [5.41, 5.74) is 6.62. The van der Waals surface area contributed by atoms with Gasteiger partial charge in [-0.05, 0) is 25.0 Å². The van der Waals surface area contributed by atoms with E-state index in [0.29, 0.717) is 36.6 Å². The van der Waals surface area contributed by atoms with Gasteiger partial charge in [0.2, 0.25) is 5.95 Å². The van der Waals surface area contributed by atoms with Crippen molar-refractivity contribution in [2.45, 2.75) is 12.8 Å². The highest BCUT2D eigenvalue weighted by molar-refractivity contribution is 5.71. The third-order valence-corrected chi connectivity index (χ3v) is 4.21. The van der Waals surface area contributed by atoms with E-state index in [-0.39, 0.29) is 11.5 Å². The van der Waals surface area contributed by atoms with Crippen LogP contribution in [0, 0.1) is 23.1 Å². The monoisotopic (exact) mass is 341 g/mol. The smallest absolute Gasteiger partial charge is 0.308 e. The number of halogens is 1. The number of carbonyl (C=O) groups is 1. The highest BCUT2D eigenvalue weighted by Gasteiger charge is 2.26. The van der Waals surface area contributed by atoms with Crippen molar-refractivity contribution in [3.63, 3.8) is 0 Å². The summed E-state index contributed by atoms with van der Waals surface area (Å²) < 4.78 is 13.9. The second kappa shape index (κ2) is 6.73. The average molecular weight is 341 g/mol. The first-order chi connectivity index (χ1) is 12.0. The molecule has 2 aromatic rings. The maximum atomic E-state index is 13.9. The molecule has 1 aromatic heterocycles. The molecule has 0 spiro atoms. The molecular formula is C17H16FN5O2. The third kappa shape index (κ3) is 3.50. The minimum Gasteiger partial charge on any atom is -0.481 e. The minimum atomic E-state index is -0.832. The molecule has 1 aliphatic rings. The van der Waals surface area contributed by atoms with Gasteiger partial charge in [-0.15, -0.1) is 0 Å². The zero-order valence-corrected chi connectivity index (χ0v) is 13.3. The lowest BCUT2D eigenvalue weighted by molar-refractivity contribution is -0.141. The number of aromatic nitrogens is 2. The SMILES string of the molecule is N#Cc1ccc(-c2cc(N3CCCC(C(=O)O)C3)nc(N)n2)cc1F. The van der Waals surface area contributed by atoms with Crippen LogP contribution in [0.3, 0.4) is 0 Å². The number of nitriles is 1. The van der Waals surface area contributed by atoms with Gasteiger partial charge in [-0.1, -0.05) is 6.07 Å². The fourth-order valence-electron chi connectivity index (χ4n) is 2.91. The Balaban J connectivity index is 1.94. The Labute approximate surface area is 143 Å². The molecule has 1 atom stereocenters. The van der Waals surface area contributed by atoms with E-state index in [9.17, 15) is 14.3 Å². The Hall–Kier alpha value is -3.21. The summed E-state index contributed by atoms with van der Waals surface area (Å²) in [6.07, 6.45) is 1.36. The lowest BCUT2D eigenvalue weighted by Crippen LogP contribution is -2.39. The zero-order chi connectivity index (χ0) is 18.0. The quantitative estimate of drug-likeness (QED) is 0.877. The molecule has 2 heterocycles. The molecule has 1 saturated heterocycles. The van der Waals surface area contributed by atoms with Gasteiger partial charge in [-0.2, -0.15) is 10.2 Å². The molecule has 1 unspecified atom stereocenters. The molecule has 1 aromatic carbocycles. The van der Waals surface area contributed by atoms with Gasteiger partial charge in [-0.25, -0.2) is 9.37 Å². The van der Waals surface area contributed by atoms with Crippen LogP contribution in [0.4, 0.5) is 16.2 Å². The molecular weight excluding hydrogens is 325 g/mol. The highest BCUT2D eigenvalue weighted by Crippen LogP contribution is 2.27. The van der Waals surface area contributed by atoms with Gasteiger partial charge in [0.05, 0.1) is 17.2 Å². The summed E-state index contributed by atoms with van der Waals surface area (Å²) in [5, 5.41) is 18.0. The van der Waals surface area contributed by atoms with Crippen molar-refractivity contribution in [3.8, 4) is 17.3 Å². The molecule has 25 heavy (non-hydrogen) atoms. The van der Waals surface area contributed by atoms with Crippen LogP contribution in [0.15, 0.2) is 24.3 Å². The topological polar surface area (TPSA) is 116 Å². The molecule has 0 bridgehead atoms. The van der Waals surface area contributed by atoms with Crippen molar-refractivity contribution in [3.05, 3.63) is 35.6 Å². The number of nitrogens with zero attached hydrogens (tertiary/aromatic N) is 4. The number of nitrogens with two attached hydrogens (primary N) is 1. The number of piperidine rings is 1. The number of anilines is 2. The Morgan fingerprint density at radius 1 is 1.40 bits per heavy atom. The molecule has 1 aliphatic heterocycles. The normalized spacial score (nSPS) is 17.1. The van der Waals surface area contributed by atoms with Crippen LogP contribution >= 0.6 is 0 Å². The van der Waals surface area contributed by atoms with E-state index < -0.39 is 17.7 Å². The molecule has 0 saturated carbocycles. The summed E-state index contributed by atoms with van der Waals surface area (Å²) in [6.45, 7) is 1.01. The molecule has 3 rings (SSSR count). The molecule has 0 amide bonds. The van der Waals surface area contributed by atoms with Gasteiger partial charge in [0.15, 0.2) is 0 Å². The fourth-order valence-corrected chi connectivity index (χ4v) is 2.91. The first-order valence-electron chi connectivity index (χ1n) is 7.80. The van der Waals surface area contributed by atoms with Crippen LogP contribution in [0.5, 0.6) is 0 Å². The lowest BCUT2D eigenvalue weighted by Gasteiger charge is -2.31. The van der Waals surface area contributed by atoms with E-state index >= 15 is 0 Å². The molecule has 1 fully saturated rings. The zero-order valence-electron chi connectivity index (χ0n) is 13.3. The lowest BCUT2D eigenvalue weighted by atomic mass is 9.98. The number of carboxylic acid groups (broad SMARTS) is 1. The number of hydrogen-bond acceptors (Lipinski definition) is 6. The first kappa shape index (κ1) is 16.6. The van der Waals surface area contributed by atoms with Crippen molar-refractivity contribution in [2.75, 3.05) is 23.7 Å². The van der Waals surface area contributed by atoms with E-state index in [2.05, 4.69) is 9.97 Å². The van der Waals surface area contributed by atoms with Crippen LogP contribution in [0.25, 0.3) is 11.3 Å². The third-order valence-electron chi connectivity index (χ3n) is 4.21. The predicted octanol–water partition coefficient (Wildman–Crippen LogP) is 2.04. The van der Waals surface area contributed by atoms with Crippen LogP contribution in [0.1, 0.15) is 18.4 Å². The number of benzene rings is 1. The average Bonchev–Trinajstić information content (AvgIpc) is 2.61. The van der Waals surface area contributed by atoms with Crippen LogP contribution in [-0.4, -0.2) is 34.1 Å². The molecule has 128 valence electrons. The van der Waals surface area contributed by atoms with E-state index in [0.717, 1.165) is 6.42 Å². The molecule has 8 heteroatoms. The maximum Gasteiger partial charge on any atom is 0.308 e. The van der Waals surface area contributed by atoms with Gasteiger partial charge < -0.3 is 15.7 Å². The predicted molar refractivity (Wildman–Crippen MR) is 89.1 cm³/mol. The minimum absolute atomic E-state index is 0.0229. The highest BCUT2D eigenvalue weighted by atomic mass is 19.1. The van der Waals surface area contributed by atoms with Crippen molar-refractivity contribution in [1.82, 2.24) is 9.97 Å². The van der Waals surface area contributed by atoms with Crippen molar-refractivity contribution >= 4 is 17.7 Å². The molecule has 0 radical (unpaired) electrons. The largest absolute Gasteiger partial charge is 0.481 e. The maximum absolute atomic E-state index is 13.9. The second-order valence-electron chi connectivity index (χ2n) is 5.90. The number of hydrogen-bond donors (Lipinski definition) is 2. The Kier molecular flexibility index (Phi) is 4.48.